The molecule has 4 aromatic rings. The molecular weight excluding hydrogens is 418 g/mol. The fraction of sp³-hybridized carbons (Fsp3) is 0.0870. The lowest BCUT2D eigenvalue weighted by Gasteiger charge is -2.07. The maximum atomic E-state index is 12.6. The van der Waals surface area contributed by atoms with Gasteiger partial charge in [-0.2, -0.15) is 0 Å². The van der Waals surface area contributed by atoms with Crippen molar-refractivity contribution in [2.75, 3.05) is 6.61 Å². The molecule has 7 nitrogen and oxygen atoms in total. The van der Waals surface area contributed by atoms with Gasteiger partial charge in [0.05, 0.1) is 10.4 Å². The largest absolute Gasteiger partial charge is 0.489 e. The summed E-state index contributed by atoms with van der Waals surface area (Å²) in [5.41, 5.74) is 1.01. The number of esters is 1. The number of nitrogens with one attached hydrogen (secondary N) is 1. The van der Waals surface area contributed by atoms with Crippen LogP contribution in [0.4, 0.5) is 0 Å². The monoisotopic (exact) mass is 435 g/mol. The van der Waals surface area contributed by atoms with Crippen molar-refractivity contribution in [1.29, 1.82) is 0 Å². The van der Waals surface area contributed by atoms with E-state index in [1.54, 1.807) is 41.8 Å². The van der Waals surface area contributed by atoms with Gasteiger partial charge in [0.2, 0.25) is 5.76 Å². The smallest absolute Gasteiger partial charge is 0.375 e. The molecule has 2 aromatic heterocycles. The topological polar surface area (TPSA) is 94.8 Å². The molecule has 2 heterocycles. The molecule has 0 atom stereocenters. The number of thiophene rings is 1. The molecule has 0 spiro atoms. The molecule has 0 saturated carbocycles. The van der Waals surface area contributed by atoms with Crippen LogP contribution in [-0.4, -0.2) is 24.4 Å². The number of benzene rings is 2. The van der Waals surface area contributed by atoms with E-state index < -0.39 is 24.4 Å². The summed E-state index contributed by atoms with van der Waals surface area (Å²) in [5.74, 6) is -1.50. The zero-order valence-electron chi connectivity index (χ0n) is 16.2. The van der Waals surface area contributed by atoms with E-state index in [0.29, 0.717) is 27.2 Å². The third-order valence-electron chi connectivity index (χ3n) is 4.34. The van der Waals surface area contributed by atoms with Crippen LogP contribution >= 0.6 is 11.3 Å². The van der Waals surface area contributed by atoms with Crippen LogP contribution in [-0.2, 0) is 16.1 Å². The standard InChI is InChI=1S/C23H17NO6S/c25-20(24-22(26)19-11-6-12-31-19)14-29-23(27)21-17(13-28-15-7-2-1-3-8-15)16-9-4-5-10-18(16)30-21/h1-12H,13-14H2,(H,24,25,26). The van der Waals surface area contributed by atoms with Crippen molar-refractivity contribution in [3.63, 3.8) is 0 Å². The molecule has 31 heavy (non-hydrogen) atoms. The number of imide groups is 1. The third-order valence-corrected chi connectivity index (χ3v) is 5.21. The summed E-state index contributed by atoms with van der Waals surface area (Å²) in [4.78, 5) is 36.9. The van der Waals surface area contributed by atoms with Gasteiger partial charge >= 0.3 is 5.97 Å². The van der Waals surface area contributed by atoms with Crippen molar-refractivity contribution in [2.24, 2.45) is 0 Å². The van der Waals surface area contributed by atoms with E-state index in [1.807, 2.05) is 30.3 Å². The van der Waals surface area contributed by atoms with Gasteiger partial charge in [0.25, 0.3) is 11.8 Å². The summed E-state index contributed by atoms with van der Waals surface area (Å²) in [5, 5.41) is 4.61. The highest BCUT2D eigenvalue weighted by Gasteiger charge is 2.23. The number of ether oxygens (including phenoxy) is 2. The molecule has 0 saturated heterocycles. The average Bonchev–Trinajstić information content (AvgIpc) is 3.45. The zero-order valence-corrected chi connectivity index (χ0v) is 17.0. The second-order valence-electron chi connectivity index (χ2n) is 6.44. The SMILES string of the molecule is O=C(COC(=O)c1oc2ccccc2c1COc1ccccc1)NC(=O)c1cccs1. The maximum Gasteiger partial charge on any atom is 0.375 e. The molecule has 0 bridgehead atoms. The van der Waals surface area contributed by atoms with Gasteiger partial charge in [-0.3, -0.25) is 14.9 Å². The summed E-state index contributed by atoms with van der Waals surface area (Å²) in [6.45, 7) is -0.541. The maximum absolute atomic E-state index is 12.6. The van der Waals surface area contributed by atoms with Crippen molar-refractivity contribution >= 4 is 40.1 Å². The molecule has 0 radical (unpaired) electrons. The van der Waals surface area contributed by atoms with E-state index in [0.717, 1.165) is 0 Å². The van der Waals surface area contributed by atoms with Crippen LogP contribution < -0.4 is 10.1 Å². The van der Waals surface area contributed by atoms with Gasteiger partial charge in [-0.25, -0.2) is 4.79 Å². The third kappa shape index (κ3) is 4.81. The number of carbonyl (C=O) groups is 3. The Labute approximate surface area is 181 Å². The minimum absolute atomic E-state index is 0.0467. The van der Waals surface area contributed by atoms with Gasteiger partial charge in [0.15, 0.2) is 6.61 Å². The Bertz CT molecular complexity index is 1210. The van der Waals surface area contributed by atoms with Crippen molar-refractivity contribution in [2.45, 2.75) is 6.61 Å². The van der Waals surface area contributed by atoms with Gasteiger partial charge in [-0.05, 0) is 29.6 Å². The number of hydrogen-bond acceptors (Lipinski definition) is 7. The van der Waals surface area contributed by atoms with E-state index in [4.69, 9.17) is 13.9 Å². The molecule has 4 rings (SSSR count). The Morgan fingerprint density at radius 1 is 0.935 bits per heavy atom. The molecule has 2 aromatic carbocycles. The second-order valence-corrected chi connectivity index (χ2v) is 7.39. The van der Waals surface area contributed by atoms with Crippen LogP contribution in [0.5, 0.6) is 5.75 Å². The predicted octanol–water partition coefficient (Wildman–Crippen LogP) is 4.19. The molecular formula is C23H17NO6S. The molecule has 0 fully saturated rings. The second kappa shape index (κ2) is 9.27. The number of rotatable bonds is 7. The van der Waals surface area contributed by atoms with Crippen molar-refractivity contribution < 1.29 is 28.3 Å². The van der Waals surface area contributed by atoms with Gasteiger partial charge < -0.3 is 13.9 Å². The summed E-state index contributed by atoms with van der Waals surface area (Å²) in [6, 6.07) is 19.6. The average molecular weight is 435 g/mol. The van der Waals surface area contributed by atoms with Gasteiger partial charge in [0.1, 0.15) is 17.9 Å². The first-order chi connectivity index (χ1) is 15.1. The van der Waals surface area contributed by atoms with Crippen LogP contribution in [0.2, 0.25) is 0 Å². The van der Waals surface area contributed by atoms with Crippen LogP contribution in [0.3, 0.4) is 0 Å². The summed E-state index contributed by atoms with van der Waals surface area (Å²) in [7, 11) is 0. The minimum atomic E-state index is -0.818. The van der Waals surface area contributed by atoms with E-state index in [1.165, 1.54) is 11.3 Å². The number of amides is 2. The molecule has 1 N–H and O–H groups in total. The molecule has 156 valence electrons. The Kier molecular flexibility index (Phi) is 6.09. The molecule has 0 unspecified atom stereocenters. The minimum Gasteiger partial charge on any atom is -0.489 e. The highest BCUT2D eigenvalue weighted by atomic mass is 32.1. The fourth-order valence-corrected chi connectivity index (χ4v) is 3.53. The molecule has 2 amide bonds. The van der Waals surface area contributed by atoms with Crippen molar-refractivity contribution in [3.05, 3.63) is 88.3 Å². The first-order valence-corrected chi connectivity index (χ1v) is 10.2. The van der Waals surface area contributed by atoms with Gasteiger partial charge in [-0.1, -0.05) is 42.5 Å². The Morgan fingerprint density at radius 3 is 2.48 bits per heavy atom. The number of hydrogen-bond donors (Lipinski definition) is 1. The predicted molar refractivity (Wildman–Crippen MR) is 114 cm³/mol. The quantitative estimate of drug-likeness (QED) is 0.438. The molecule has 0 aliphatic rings. The van der Waals surface area contributed by atoms with Crippen LogP contribution in [0.1, 0.15) is 25.8 Å². The van der Waals surface area contributed by atoms with Crippen LogP contribution in [0.25, 0.3) is 11.0 Å². The van der Waals surface area contributed by atoms with Crippen LogP contribution in [0, 0.1) is 0 Å². The van der Waals surface area contributed by atoms with E-state index in [9.17, 15) is 14.4 Å². The lowest BCUT2D eigenvalue weighted by Crippen LogP contribution is -2.33. The van der Waals surface area contributed by atoms with Crippen molar-refractivity contribution in [1.82, 2.24) is 5.32 Å². The van der Waals surface area contributed by atoms with Gasteiger partial charge in [0, 0.05) is 5.39 Å². The normalized spacial score (nSPS) is 10.6. The van der Waals surface area contributed by atoms with Crippen molar-refractivity contribution in [3.8, 4) is 5.75 Å². The number of carbonyl (C=O) groups excluding carboxylic acids is 3. The number of fused-ring (bicyclic) bond motifs is 1. The Morgan fingerprint density at radius 2 is 1.71 bits per heavy atom. The van der Waals surface area contributed by atoms with Crippen LogP contribution in [0.15, 0.2) is 76.5 Å². The van der Waals surface area contributed by atoms with E-state index in [-0.39, 0.29) is 12.4 Å². The first-order valence-electron chi connectivity index (χ1n) is 9.35. The summed E-state index contributed by atoms with van der Waals surface area (Å²) in [6.07, 6.45) is 0. The lowest BCUT2D eigenvalue weighted by molar-refractivity contribution is -0.123. The zero-order chi connectivity index (χ0) is 21.6. The fourth-order valence-electron chi connectivity index (χ4n) is 2.91. The lowest BCUT2D eigenvalue weighted by atomic mass is 10.1. The highest BCUT2D eigenvalue weighted by Crippen LogP contribution is 2.28. The van der Waals surface area contributed by atoms with E-state index >= 15 is 0 Å². The van der Waals surface area contributed by atoms with Gasteiger partial charge in [-0.15, -0.1) is 11.3 Å². The molecule has 0 aliphatic carbocycles. The number of para-hydroxylation sites is 2. The first kappa shape index (κ1) is 20.4. The molecule has 0 aliphatic heterocycles. The van der Waals surface area contributed by atoms with E-state index in [2.05, 4.69) is 5.32 Å². The Hall–Kier alpha value is -3.91. The molecule has 8 heteroatoms. The number of furan rings is 1. The summed E-state index contributed by atoms with van der Waals surface area (Å²) >= 11 is 1.20. The Balaban J connectivity index is 1.45. The summed E-state index contributed by atoms with van der Waals surface area (Å²) < 4.78 is 16.5. The highest BCUT2D eigenvalue weighted by molar-refractivity contribution is 7.12.